The van der Waals surface area contributed by atoms with Gasteiger partial charge in [-0.2, -0.15) is 0 Å². The maximum Gasteiger partial charge on any atom is 0.223 e. The summed E-state index contributed by atoms with van der Waals surface area (Å²) >= 11 is 0. The zero-order chi connectivity index (χ0) is 12.3. The van der Waals surface area contributed by atoms with Gasteiger partial charge in [-0.3, -0.25) is 4.79 Å². The molecular formula is C14H25NO2. The van der Waals surface area contributed by atoms with Crippen molar-refractivity contribution in [2.45, 2.75) is 57.9 Å². The first-order valence-corrected chi connectivity index (χ1v) is 7.12. The molecule has 4 unspecified atom stereocenters. The third-order valence-corrected chi connectivity index (χ3v) is 4.57. The van der Waals surface area contributed by atoms with Gasteiger partial charge in [0.25, 0.3) is 0 Å². The van der Waals surface area contributed by atoms with Gasteiger partial charge in [0.15, 0.2) is 0 Å². The molecule has 2 fully saturated rings. The molecule has 0 spiro atoms. The molecule has 0 bridgehead atoms. The van der Waals surface area contributed by atoms with Crippen LogP contribution in [0.4, 0.5) is 0 Å². The van der Waals surface area contributed by atoms with E-state index in [9.17, 15) is 4.79 Å². The Balaban J connectivity index is 1.84. The van der Waals surface area contributed by atoms with Crippen LogP contribution < -0.4 is 5.32 Å². The number of carbonyl (C=O) groups is 1. The first-order valence-electron chi connectivity index (χ1n) is 7.12. The highest BCUT2D eigenvalue weighted by atomic mass is 16.3. The van der Waals surface area contributed by atoms with Gasteiger partial charge in [-0.25, -0.2) is 0 Å². The summed E-state index contributed by atoms with van der Waals surface area (Å²) in [5, 5.41) is 11.9. The average molecular weight is 239 g/mol. The molecule has 2 saturated carbocycles. The standard InChI is InChI=1S/C14H25NO2/c1-10(9-16)15-14(17)13-7-6-11-4-2-3-5-12(11)8-13/h10-13,16H,2-9H2,1H3,(H,15,17). The van der Waals surface area contributed by atoms with Gasteiger partial charge >= 0.3 is 0 Å². The number of hydrogen-bond donors (Lipinski definition) is 2. The molecule has 0 aromatic heterocycles. The molecule has 0 aromatic carbocycles. The third kappa shape index (κ3) is 3.21. The second kappa shape index (κ2) is 5.85. The largest absolute Gasteiger partial charge is 0.394 e. The molecule has 3 nitrogen and oxygen atoms in total. The van der Waals surface area contributed by atoms with E-state index < -0.39 is 0 Å². The molecule has 0 aliphatic heterocycles. The highest BCUT2D eigenvalue weighted by Gasteiger charge is 2.35. The van der Waals surface area contributed by atoms with E-state index in [0.29, 0.717) is 0 Å². The van der Waals surface area contributed by atoms with Gasteiger partial charge in [-0.15, -0.1) is 0 Å². The highest BCUT2D eigenvalue weighted by Crippen LogP contribution is 2.42. The van der Waals surface area contributed by atoms with Gasteiger partial charge in [-0.1, -0.05) is 25.7 Å². The van der Waals surface area contributed by atoms with Crippen LogP contribution >= 0.6 is 0 Å². The van der Waals surface area contributed by atoms with Crippen molar-refractivity contribution in [2.75, 3.05) is 6.61 Å². The predicted molar refractivity (Wildman–Crippen MR) is 67.5 cm³/mol. The number of aliphatic hydroxyl groups is 1. The van der Waals surface area contributed by atoms with Gasteiger partial charge in [0.05, 0.1) is 6.61 Å². The fraction of sp³-hybridized carbons (Fsp3) is 0.929. The SMILES string of the molecule is CC(CO)NC(=O)C1CCC2CCCCC2C1. The minimum atomic E-state index is -0.105. The zero-order valence-electron chi connectivity index (χ0n) is 10.8. The van der Waals surface area contributed by atoms with Crippen LogP contribution in [0.3, 0.4) is 0 Å². The maximum absolute atomic E-state index is 12.0. The van der Waals surface area contributed by atoms with E-state index in [1.54, 1.807) is 0 Å². The Morgan fingerprint density at radius 3 is 2.65 bits per heavy atom. The number of fused-ring (bicyclic) bond motifs is 1. The van der Waals surface area contributed by atoms with Crippen LogP contribution in [0.15, 0.2) is 0 Å². The first-order chi connectivity index (χ1) is 8.20. The molecule has 0 aromatic rings. The van der Waals surface area contributed by atoms with E-state index in [1.165, 1.54) is 32.1 Å². The average Bonchev–Trinajstić information content (AvgIpc) is 2.38. The van der Waals surface area contributed by atoms with Gasteiger partial charge in [-0.05, 0) is 38.0 Å². The van der Waals surface area contributed by atoms with Crippen molar-refractivity contribution in [1.29, 1.82) is 0 Å². The Bertz CT molecular complexity index is 267. The van der Waals surface area contributed by atoms with Gasteiger partial charge < -0.3 is 10.4 Å². The van der Waals surface area contributed by atoms with Gasteiger partial charge in [0.1, 0.15) is 0 Å². The molecule has 2 N–H and O–H groups in total. The fourth-order valence-electron chi connectivity index (χ4n) is 3.52. The molecule has 17 heavy (non-hydrogen) atoms. The Kier molecular flexibility index (Phi) is 4.43. The van der Waals surface area contributed by atoms with Crippen molar-refractivity contribution in [3.05, 3.63) is 0 Å². The lowest BCUT2D eigenvalue weighted by Crippen LogP contribution is -2.42. The summed E-state index contributed by atoms with van der Waals surface area (Å²) in [6.45, 7) is 1.88. The second-order valence-electron chi connectivity index (χ2n) is 5.91. The topological polar surface area (TPSA) is 49.3 Å². The molecule has 0 saturated heterocycles. The minimum absolute atomic E-state index is 0.0323. The van der Waals surface area contributed by atoms with E-state index >= 15 is 0 Å². The Morgan fingerprint density at radius 2 is 1.94 bits per heavy atom. The second-order valence-corrected chi connectivity index (χ2v) is 5.91. The number of aliphatic hydroxyl groups excluding tert-OH is 1. The Morgan fingerprint density at radius 1 is 1.24 bits per heavy atom. The Hall–Kier alpha value is -0.570. The van der Waals surface area contributed by atoms with Crippen LogP contribution in [0.1, 0.15) is 51.9 Å². The van der Waals surface area contributed by atoms with Crippen LogP contribution in [-0.4, -0.2) is 23.7 Å². The minimum Gasteiger partial charge on any atom is -0.394 e. The number of hydrogen-bond acceptors (Lipinski definition) is 2. The van der Waals surface area contributed by atoms with Crippen LogP contribution in [0, 0.1) is 17.8 Å². The van der Waals surface area contributed by atoms with Crippen molar-refractivity contribution < 1.29 is 9.90 Å². The third-order valence-electron chi connectivity index (χ3n) is 4.57. The van der Waals surface area contributed by atoms with Crippen molar-refractivity contribution in [3.8, 4) is 0 Å². The summed E-state index contributed by atoms with van der Waals surface area (Å²) < 4.78 is 0. The lowest BCUT2D eigenvalue weighted by atomic mass is 9.67. The van der Waals surface area contributed by atoms with Crippen molar-refractivity contribution in [1.82, 2.24) is 5.32 Å². The zero-order valence-corrected chi connectivity index (χ0v) is 10.8. The van der Waals surface area contributed by atoms with Crippen molar-refractivity contribution >= 4 is 5.91 Å². The van der Waals surface area contributed by atoms with E-state index in [4.69, 9.17) is 5.11 Å². The fourth-order valence-corrected chi connectivity index (χ4v) is 3.52. The molecule has 2 aliphatic carbocycles. The summed E-state index contributed by atoms with van der Waals surface area (Å²) in [6, 6.07) is -0.105. The summed E-state index contributed by atoms with van der Waals surface area (Å²) in [5.74, 6) is 2.04. The van der Waals surface area contributed by atoms with E-state index in [0.717, 1.165) is 24.7 Å². The summed E-state index contributed by atoms with van der Waals surface area (Å²) in [4.78, 5) is 12.0. The van der Waals surface area contributed by atoms with Crippen LogP contribution in [-0.2, 0) is 4.79 Å². The van der Waals surface area contributed by atoms with Gasteiger partial charge in [0, 0.05) is 12.0 Å². The normalized spacial score (nSPS) is 34.8. The number of amides is 1. The van der Waals surface area contributed by atoms with Gasteiger partial charge in [0.2, 0.25) is 5.91 Å². The molecule has 4 atom stereocenters. The van der Waals surface area contributed by atoms with Crippen LogP contribution in [0.2, 0.25) is 0 Å². The molecule has 2 aliphatic rings. The highest BCUT2D eigenvalue weighted by molar-refractivity contribution is 5.79. The molecule has 1 amide bonds. The lowest BCUT2D eigenvalue weighted by Gasteiger charge is -2.39. The molecule has 98 valence electrons. The quantitative estimate of drug-likeness (QED) is 0.792. The van der Waals surface area contributed by atoms with Crippen LogP contribution in [0.25, 0.3) is 0 Å². The van der Waals surface area contributed by atoms with E-state index in [2.05, 4.69) is 5.32 Å². The van der Waals surface area contributed by atoms with E-state index in [1.807, 2.05) is 6.92 Å². The van der Waals surface area contributed by atoms with E-state index in [-0.39, 0.29) is 24.5 Å². The molecular weight excluding hydrogens is 214 g/mol. The van der Waals surface area contributed by atoms with Crippen molar-refractivity contribution in [3.63, 3.8) is 0 Å². The molecule has 0 radical (unpaired) electrons. The number of carbonyl (C=O) groups excluding carboxylic acids is 1. The first kappa shape index (κ1) is 12.9. The summed E-state index contributed by atoms with van der Waals surface area (Å²) in [7, 11) is 0. The number of nitrogens with one attached hydrogen (secondary N) is 1. The summed E-state index contributed by atoms with van der Waals surface area (Å²) in [6.07, 6.45) is 8.80. The molecule has 3 heteroatoms. The monoisotopic (exact) mass is 239 g/mol. The molecule has 2 rings (SSSR count). The Labute approximate surface area is 104 Å². The molecule has 0 heterocycles. The number of rotatable bonds is 3. The summed E-state index contributed by atoms with van der Waals surface area (Å²) in [5.41, 5.74) is 0. The smallest absolute Gasteiger partial charge is 0.223 e. The predicted octanol–water partition coefficient (Wildman–Crippen LogP) is 2.09. The maximum atomic E-state index is 12.0. The lowest BCUT2D eigenvalue weighted by molar-refractivity contribution is -0.128. The van der Waals surface area contributed by atoms with Crippen molar-refractivity contribution in [2.24, 2.45) is 17.8 Å². The van der Waals surface area contributed by atoms with Crippen LogP contribution in [0.5, 0.6) is 0 Å².